The summed E-state index contributed by atoms with van der Waals surface area (Å²) in [5.41, 5.74) is 3.29. The fraction of sp³-hybridized carbons (Fsp3) is 0.167. The Morgan fingerprint density at radius 3 is 2.44 bits per heavy atom. The number of carbonyl (C=O) groups excluding carboxylic acids is 4. The van der Waals surface area contributed by atoms with E-state index < -0.39 is 23.8 Å². The number of anilines is 1. The lowest BCUT2D eigenvalue weighted by Gasteiger charge is -2.26. The highest BCUT2D eigenvalue weighted by atomic mass is 16.5. The van der Waals surface area contributed by atoms with Crippen LogP contribution in [-0.2, 0) is 25.7 Å². The van der Waals surface area contributed by atoms with E-state index in [1.165, 1.54) is 13.2 Å². The van der Waals surface area contributed by atoms with Crippen LogP contribution < -0.4 is 10.2 Å². The van der Waals surface area contributed by atoms with Gasteiger partial charge in [-0.15, -0.1) is 0 Å². The number of hydrogen-bond acceptors (Lipinski definition) is 5. The molecule has 0 radical (unpaired) electrons. The molecule has 162 valence electrons. The number of amides is 4. The van der Waals surface area contributed by atoms with Gasteiger partial charge in [0.05, 0.1) is 12.8 Å². The molecule has 4 amide bonds. The summed E-state index contributed by atoms with van der Waals surface area (Å²) in [6, 6.07) is 11.8. The molecular formula is C24H21N3O5. The van der Waals surface area contributed by atoms with Crippen molar-refractivity contribution < 1.29 is 23.9 Å². The molecule has 4 rings (SSSR count). The lowest BCUT2D eigenvalue weighted by atomic mass is 10.0. The monoisotopic (exact) mass is 431 g/mol. The van der Waals surface area contributed by atoms with Crippen LogP contribution in [0.5, 0.6) is 0 Å². The van der Waals surface area contributed by atoms with Gasteiger partial charge in [0.15, 0.2) is 0 Å². The smallest absolute Gasteiger partial charge is 0.335 e. The number of urea groups is 1. The molecular weight excluding hydrogens is 410 g/mol. The SMILES string of the molecule is COC(=O)Cn1cc(/C=C2/C(=O)NC(=O)N(c3cc(C)cc(C)c3)C2=O)c2ccccc21. The Bertz CT molecular complexity index is 1300. The molecule has 3 aromatic rings. The molecule has 2 aromatic carbocycles. The number of fused-ring (bicyclic) bond motifs is 1. The van der Waals surface area contributed by atoms with Crippen molar-refractivity contribution in [1.29, 1.82) is 0 Å². The van der Waals surface area contributed by atoms with E-state index >= 15 is 0 Å². The van der Waals surface area contributed by atoms with Crippen LogP contribution in [0.1, 0.15) is 16.7 Å². The van der Waals surface area contributed by atoms with E-state index in [0.717, 1.165) is 26.9 Å². The summed E-state index contributed by atoms with van der Waals surface area (Å²) in [6.45, 7) is 3.70. The summed E-state index contributed by atoms with van der Waals surface area (Å²) in [5, 5.41) is 2.99. The van der Waals surface area contributed by atoms with Crippen molar-refractivity contribution in [2.75, 3.05) is 12.0 Å². The number of benzene rings is 2. The van der Waals surface area contributed by atoms with Crippen LogP contribution in [0.3, 0.4) is 0 Å². The number of methoxy groups -OCH3 is 1. The number of nitrogens with one attached hydrogen (secondary N) is 1. The zero-order valence-electron chi connectivity index (χ0n) is 17.8. The number of barbiturate groups is 1. The average molecular weight is 431 g/mol. The Balaban J connectivity index is 1.80. The molecule has 0 bridgehead atoms. The first-order chi connectivity index (χ1) is 15.3. The largest absolute Gasteiger partial charge is 0.468 e. The Morgan fingerprint density at radius 2 is 1.75 bits per heavy atom. The maximum Gasteiger partial charge on any atom is 0.335 e. The second-order valence-electron chi connectivity index (χ2n) is 7.61. The van der Waals surface area contributed by atoms with Crippen molar-refractivity contribution >= 4 is 46.5 Å². The van der Waals surface area contributed by atoms with Gasteiger partial charge in [0.1, 0.15) is 12.1 Å². The number of esters is 1. The molecule has 0 spiro atoms. The fourth-order valence-electron chi connectivity index (χ4n) is 3.85. The van der Waals surface area contributed by atoms with E-state index in [2.05, 4.69) is 5.32 Å². The van der Waals surface area contributed by atoms with Gasteiger partial charge in [-0.1, -0.05) is 24.3 Å². The van der Waals surface area contributed by atoms with Crippen LogP contribution in [0.25, 0.3) is 17.0 Å². The third-order valence-electron chi connectivity index (χ3n) is 5.21. The molecule has 8 nitrogen and oxygen atoms in total. The second kappa shape index (κ2) is 8.14. The number of aromatic nitrogens is 1. The van der Waals surface area contributed by atoms with Gasteiger partial charge >= 0.3 is 12.0 Å². The lowest BCUT2D eigenvalue weighted by molar-refractivity contribution is -0.141. The first kappa shape index (κ1) is 21.0. The van der Waals surface area contributed by atoms with Crippen molar-refractivity contribution in [2.45, 2.75) is 20.4 Å². The number of rotatable bonds is 4. The fourth-order valence-corrected chi connectivity index (χ4v) is 3.85. The van der Waals surface area contributed by atoms with Crippen LogP contribution in [0.15, 0.2) is 54.2 Å². The minimum atomic E-state index is -0.796. The zero-order chi connectivity index (χ0) is 23.0. The number of carbonyl (C=O) groups is 4. The summed E-state index contributed by atoms with van der Waals surface area (Å²) in [7, 11) is 1.31. The van der Waals surface area contributed by atoms with Crippen LogP contribution in [0.2, 0.25) is 0 Å². The highest BCUT2D eigenvalue weighted by Gasteiger charge is 2.37. The van der Waals surface area contributed by atoms with Crippen molar-refractivity contribution in [3.8, 4) is 0 Å². The molecule has 0 aliphatic carbocycles. The Kier molecular flexibility index (Phi) is 5.36. The summed E-state index contributed by atoms with van der Waals surface area (Å²) in [5.74, 6) is -1.91. The van der Waals surface area contributed by atoms with Crippen molar-refractivity contribution in [3.05, 3.63) is 70.9 Å². The van der Waals surface area contributed by atoms with Gasteiger partial charge in [0.2, 0.25) is 0 Å². The minimum absolute atomic E-state index is 0.0203. The number of aryl methyl sites for hydroxylation is 2. The highest BCUT2D eigenvalue weighted by Crippen LogP contribution is 2.27. The third-order valence-corrected chi connectivity index (χ3v) is 5.21. The van der Waals surface area contributed by atoms with E-state index in [-0.39, 0.29) is 12.1 Å². The van der Waals surface area contributed by atoms with E-state index in [0.29, 0.717) is 11.3 Å². The van der Waals surface area contributed by atoms with Crippen molar-refractivity contribution in [2.24, 2.45) is 0 Å². The average Bonchev–Trinajstić information content (AvgIpc) is 3.07. The predicted octanol–water partition coefficient (Wildman–Crippen LogP) is 3.10. The maximum absolute atomic E-state index is 13.2. The zero-order valence-corrected chi connectivity index (χ0v) is 17.8. The molecule has 0 saturated carbocycles. The summed E-state index contributed by atoms with van der Waals surface area (Å²) in [6.07, 6.45) is 3.11. The van der Waals surface area contributed by atoms with Gasteiger partial charge in [-0.05, 0) is 49.2 Å². The minimum Gasteiger partial charge on any atom is -0.468 e. The second-order valence-corrected chi connectivity index (χ2v) is 7.61. The Hall–Kier alpha value is -4.20. The van der Waals surface area contributed by atoms with E-state index in [4.69, 9.17) is 4.74 Å². The first-order valence-corrected chi connectivity index (χ1v) is 9.93. The van der Waals surface area contributed by atoms with Gasteiger partial charge < -0.3 is 9.30 Å². The Morgan fingerprint density at radius 1 is 1.06 bits per heavy atom. The molecule has 0 atom stereocenters. The normalized spacial score (nSPS) is 15.4. The molecule has 1 saturated heterocycles. The molecule has 1 aliphatic rings. The van der Waals surface area contributed by atoms with Gasteiger partial charge in [0, 0.05) is 22.7 Å². The number of hydrogen-bond donors (Lipinski definition) is 1. The molecule has 2 heterocycles. The van der Waals surface area contributed by atoms with Crippen LogP contribution in [0.4, 0.5) is 10.5 Å². The van der Waals surface area contributed by atoms with Gasteiger partial charge in [-0.2, -0.15) is 0 Å². The van der Waals surface area contributed by atoms with Gasteiger partial charge in [-0.3, -0.25) is 19.7 Å². The third kappa shape index (κ3) is 3.78. The van der Waals surface area contributed by atoms with E-state index in [9.17, 15) is 19.2 Å². The molecule has 8 heteroatoms. The van der Waals surface area contributed by atoms with Crippen LogP contribution in [0, 0.1) is 13.8 Å². The van der Waals surface area contributed by atoms with Gasteiger partial charge in [-0.25, -0.2) is 9.69 Å². The van der Waals surface area contributed by atoms with E-state index in [1.807, 2.05) is 44.2 Å². The first-order valence-electron chi connectivity index (χ1n) is 9.93. The predicted molar refractivity (Wildman–Crippen MR) is 119 cm³/mol. The number of nitrogens with zero attached hydrogens (tertiary/aromatic N) is 2. The number of imide groups is 2. The highest BCUT2D eigenvalue weighted by molar-refractivity contribution is 6.39. The molecule has 32 heavy (non-hydrogen) atoms. The summed E-state index contributed by atoms with van der Waals surface area (Å²) < 4.78 is 6.44. The topological polar surface area (TPSA) is 97.7 Å². The van der Waals surface area contributed by atoms with Gasteiger partial charge in [0.25, 0.3) is 11.8 Å². The molecule has 1 N–H and O–H groups in total. The Labute approximate surface area is 184 Å². The van der Waals surface area contributed by atoms with E-state index in [1.54, 1.807) is 22.9 Å². The van der Waals surface area contributed by atoms with Crippen LogP contribution >= 0.6 is 0 Å². The number of para-hydroxylation sites is 1. The summed E-state index contributed by atoms with van der Waals surface area (Å²) >= 11 is 0. The van der Waals surface area contributed by atoms with Crippen molar-refractivity contribution in [3.63, 3.8) is 0 Å². The van der Waals surface area contributed by atoms with Crippen LogP contribution in [-0.4, -0.2) is 35.5 Å². The quantitative estimate of drug-likeness (QED) is 0.389. The summed E-state index contributed by atoms with van der Waals surface area (Å²) in [4.78, 5) is 51.1. The molecule has 1 aliphatic heterocycles. The number of ether oxygens (including phenoxy) is 1. The lowest BCUT2D eigenvalue weighted by Crippen LogP contribution is -2.54. The molecule has 1 fully saturated rings. The maximum atomic E-state index is 13.2. The molecule has 1 aromatic heterocycles. The van der Waals surface area contributed by atoms with Crippen molar-refractivity contribution in [1.82, 2.24) is 9.88 Å². The molecule has 0 unspecified atom stereocenters. The standard InChI is InChI=1S/C24H21N3O5/c1-14-8-15(2)10-17(9-14)27-23(30)19(22(29)25-24(27)31)11-16-12-26(13-21(28)32-3)20-7-5-4-6-18(16)20/h4-12H,13H2,1-3H3,(H,25,29,31)/b19-11-.